The van der Waals surface area contributed by atoms with Gasteiger partial charge in [0.15, 0.2) is 9.84 Å². The second-order valence-electron chi connectivity index (χ2n) is 2.85. The summed E-state index contributed by atoms with van der Waals surface area (Å²) in [6, 6.07) is 2.61. The molecule has 15 heavy (non-hydrogen) atoms. The van der Waals surface area contributed by atoms with Crippen molar-refractivity contribution in [2.24, 2.45) is 0 Å². The van der Waals surface area contributed by atoms with E-state index >= 15 is 0 Å². The van der Waals surface area contributed by atoms with Crippen LogP contribution in [-0.4, -0.2) is 20.6 Å². The fourth-order valence-electron chi connectivity index (χ4n) is 1.03. The summed E-state index contributed by atoms with van der Waals surface area (Å²) < 4.78 is 59.2. The molecule has 0 bridgehead atoms. The Balaban J connectivity index is 3.21. The molecule has 2 N–H and O–H groups in total. The van der Waals surface area contributed by atoms with Gasteiger partial charge in [-0.05, 0) is 18.2 Å². The number of alkyl halides is 2. The van der Waals surface area contributed by atoms with Crippen LogP contribution in [0.2, 0.25) is 0 Å². The Morgan fingerprint density at radius 1 is 1.33 bits per heavy atom. The van der Waals surface area contributed by atoms with E-state index in [-0.39, 0.29) is 5.69 Å². The minimum atomic E-state index is -4.23. The van der Waals surface area contributed by atoms with E-state index in [2.05, 4.69) is 0 Å². The van der Waals surface area contributed by atoms with Crippen molar-refractivity contribution in [3.63, 3.8) is 0 Å². The van der Waals surface area contributed by atoms with Gasteiger partial charge in [-0.25, -0.2) is 21.6 Å². The van der Waals surface area contributed by atoms with E-state index in [0.717, 1.165) is 12.1 Å². The van der Waals surface area contributed by atoms with Crippen LogP contribution in [0.5, 0.6) is 0 Å². The van der Waals surface area contributed by atoms with E-state index in [1.165, 1.54) is 0 Å². The first kappa shape index (κ1) is 11.8. The van der Waals surface area contributed by atoms with Crippen LogP contribution in [0.25, 0.3) is 0 Å². The first-order chi connectivity index (χ1) is 6.83. The Labute approximate surface area is 84.6 Å². The van der Waals surface area contributed by atoms with Gasteiger partial charge in [0.1, 0.15) is 11.6 Å². The maximum atomic E-state index is 12.7. The summed E-state index contributed by atoms with van der Waals surface area (Å²) in [6.07, 6.45) is -3.02. The van der Waals surface area contributed by atoms with Gasteiger partial charge in [-0.15, -0.1) is 0 Å². The lowest BCUT2D eigenvalue weighted by atomic mass is 10.3. The third-order valence-corrected chi connectivity index (χ3v) is 3.37. The SMILES string of the molecule is Nc1ccc(F)cc1S(=O)(=O)CC(F)F. The van der Waals surface area contributed by atoms with Crippen LogP contribution in [0.1, 0.15) is 0 Å². The van der Waals surface area contributed by atoms with E-state index in [1.54, 1.807) is 0 Å². The van der Waals surface area contributed by atoms with Crippen molar-refractivity contribution in [3.8, 4) is 0 Å². The number of hydrogen-bond donors (Lipinski definition) is 1. The van der Waals surface area contributed by atoms with E-state index in [1.807, 2.05) is 0 Å². The van der Waals surface area contributed by atoms with Crippen molar-refractivity contribution in [2.45, 2.75) is 11.3 Å². The van der Waals surface area contributed by atoms with Gasteiger partial charge in [0.2, 0.25) is 0 Å². The van der Waals surface area contributed by atoms with Crippen molar-refractivity contribution in [2.75, 3.05) is 11.5 Å². The summed E-state index contributed by atoms with van der Waals surface area (Å²) in [6.45, 7) is 0. The molecule has 1 aromatic carbocycles. The minimum Gasteiger partial charge on any atom is -0.398 e. The zero-order valence-corrected chi connectivity index (χ0v) is 8.27. The van der Waals surface area contributed by atoms with Crippen LogP contribution in [-0.2, 0) is 9.84 Å². The van der Waals surface area contributed by atoms with Crippen molar-refractivity contribution in [1.82, 2.24) is 0 Å². The Kier molecular flexibility index (Phi) is 3.23. The molecular formula is C8H8F3NO2S. The molecule has 7 heteroatoms. The quantitative estimate of drug-likeness (QED) is 0.812. The Morgan fingerprint density at radius 2 is 1.93 bits per heavy atom. The standard InChI is InChI=1S/C8H8F3NO2S/c9-5-1-2-6(12)7(3-5)15(13,14)4-8(10)11/h1-3,8H,4,12H2. The fourth-order valence-corrected chi connectivity index (χ4v) is 2.26. The normalized spacial score (nSPS) is 12.0. The summed E-state index contributed by atoms with van der Waals surface area (Å²) in [4.78, 5) is -0.595. The van der Waals surface area contributed by atoms with Crippen LogP contribution in [0, 0.1) is 5.82 Å². The number of nitrogen functional groups attached to an aromatic ring is 1. The van der Waals surface area contributed by atoms with Crippen molar-refractivity contribution in [1.29, 1.82) is 0 Å². The van der Waals surface area contributed by atoms with Gasteiger partial charge in [-0.2, -0.15) is 0 Å². The highest BCUT2D eigenvalue weighted by atomic mass is 32.2. The van der Waals surface area contributed by atoms with Gasteiger partial charge in [0, 0.05) is 0 Å². The first-order valence-corrected chi connectivity index (χ1v) is 5.54. The summed E-state index contributed by atoms with van der Waals surface area (Å²) in [7, 11) is -4.23. The molecule has 0 spiro atoms. The molecule has 0 fully saturated rings. The average molecular weight is 239 g/mol. The number of sulfone groups is 1. The highest BCUT2D eigenvalue weighted by Crippen LogP contribution is 2.21. The van der Waals surface area contributed by atoms with Crippen molar-refractivity contribution in [3.05, 3.63) is 24.0 Å². The lowest BCUT2D eigenvalue weighted by Crippen LogP contribution is -2.15. The van der Waals surface area contributed by atoms with Crippen LogP contribution in [0.4, 0.5) is 18.9 Å². The van der Waals surface area contributed by atoms with Gasteiger partial charge in [0.05, 0.1) is 10.6 Å². The molecule has 0 aliphatic heterocycles. The van der Waals surface area contributed by atoms with Gasteiger partial charge in [0.25, 0.3) is 6.43 Å². The fraction of sp³-hybridized carbons (Fsp3) is 0.250. The summed E-state index contributed by atoms with van der Waals surface area (Å²) in [5.74, 6) is -2.20. The second-order valence-corrected chi connectivity index (χ2v) is 4.86. The van der Waals surface area contributed by atoms with Gasteiger partial charge < -0.3 is 5.73 Å². The lowest BCUT2D eigenvalue weighted by Gasteiger charge is -2.06. The smallest absolute Gasteiger partial charge is 0.252 e. The molecular weight excluding hydrogens is 231 g/mol. The average Bonchev–Trinajstić information content (AvgIpc) is 2.06. The largest absolute Gasteiger partial charge is 0.398 e. The summed E-state index contributed by atoms with van der Waals surface area (Å²) in [5, 5.41) is 0. The monoisotopic (exact) mass is 239 g/mol. The zero-order chi connectivity index (χ0) is 11.6. The number of nitrogens with two attached hydrogens (primary N) is 1. The van der Waals surface area contributed by atoms with Gasteiger partial charge >= 0.3 is 0 Å². The molecule has 0 atom stereocenters. The molecule has 0 amide bonds. The number of benzene rings is 1. The van der Waals surface area contributed by atoms with E-state index in [0.29, 0.717) is 6.07 Å². The molecule has 1 aromatic rings. The number of hydrogen-bond acceptors (Lipinski definition) is 3. The predicted molar refractivity (Wildman–Crippen MR) is 48.9 cm³/mol. The summed E-state index contributed by atoms with van der Waals surface area (Å²) >= 11 is 0. The molecule has 84 valence electrons. The molecule has 0 heterocycles. The molecule has 0 aromatic heterocycles. The third kappa shape index (κ3) is 2.85. The molecule has 1 rings (SSSR count). The lowest BCUT2D eigenvalue weighted by molar-refractivity contribution is 0.174. The second kappa shape index (κ2) is 4.09. The zero-order valence-electron chi connectivity index (χ0n) is 7.45. The predicted octanol–water partition coefficient (Wildman–Crippen LogP) is 1.45. The van der Waals surface area contributed by atoms with Gasteiger partial charge in [-0.1, -0.05) is 0 Å². The Morgan fingerprint density at radius 3 is 2.47 bits per heavy atom. The third-order valence-electron chi connectivity index (χ3n) is 1.66. The molecule has 0 saturated carbocycles. The van der Waals surface area contributed by atoms with Crippen LogP contribution in [0.15, 0.2) is 23.1 Å². The van der Waals surface area contributed by atoms with Crippen LogP contribution >= 0.6 is 0 Å². The molecule has 0 aliphatic rings. The minimum absolute atomic E-state index is 0.239. The van der Waals surface area contributed by atoms with E-state index in [9.17, 15) is 21.6 Å². The maximum Gasteiger partial charge on any atom is 0.252 e. The Hall–Kier alpha value is -1.24. The number of halogens is 3. The summed E-state index contributed by atoms with van der Waals surface area (Å²) in [5.41, 5.74) is 5.02. The highest BCUT2D eigenvalue weighted by Gasteiger charge is 2.23. The van der Waals surface area contributed by atoms with E-state index < -0.39 is 32.7 Å². The van der Waals surface area contributed by atoms with Gasteiger partial charge in [-0.3, -0.25) is 0 Å². The maximum absolute atomic E-state index is 12.7. The van der Waals surface area contributed by atoms with E-state index in [4.69, 9.17) is 5.73 Å². The Bertz CT molecular complexity index is 459. The van der Waals surface area contributed by atoms with Crippen molar-refractivity contribution < 1.29 is 21.6 Å². The molecule has 0 aliphatic carbocycles. The topological polar surface area (TPSA) is 60.2 Å². The number of anilines is 1. The molecule has 0 radical (unpaired) electrons. The molecule has 0 unspecified atom stereocenters. The van der Waals surface area contributed by atoms with Crippen molar-refractivity contribution >= 4 is 15.5 Å². The molecule has 0 saturated heterocycles. The van der Waals surface area contributed by atoms with Crippen LogP contribution in [0.3, 0.4) is 0 Å². The molecule has 3 nitrogen and oxygen atoms in total. The first-order valence-electron chi connectivity index (χ1n) is 3.89. The van der Waals surface area contributed by atoms with Crippen LogP contribution < -0.4 is 5.73 Å². The number of rotatable bonds is 3. The highest BCUT2D eigenvalue weighted by molar-refractivity contribution is 7.91.